The van der Waals surface area contributed by atoms with E-state index >= 15 is 0 Å². The van der Waals surface area contributed by atoms with Gasteiger partial charge in [0, 0.05) is 11.1 Å². The highest BCUT2D eigenvalue weighted by Crippen LogP contribution is 2.36. The maximum atomic E-state index is 6.35. The molecule has 0 heterocycles. The van der Waals surface area contributed by atoms with Crippen LogP contribution in [0.15, 0.2) is 24.3 Å². The standard InChI is InChI=1S/C18H28ClN/c1-4-20-18-10-9-14(13(2)3)11-16(18)12-15-7-5-6-8-17(15)19/h5-8,13-14,16,18,20H,4,9-12H2,1-3H3. The minimum Gasteiger partial charge on any atom is -0.314 e. The van der Waals surface area contributed by atoms with Crippen LogP contribution in [0.2, 0.25) is 5.02 Å². The molecule has 0 aliphatic heterocycles. The van der Waals surface area contributed by atoms with Gasteiger partial charge in [-0.25, -0.2) is 0 Å². The van der Waals surface area contributed by atoms with E-state index in [4.69, 9.17) is 11.6 Å². The van der Waals surface area contributed by atoms with E-state index in [0.717, 1.165) is 35.7 Å². The molecule has 112 valence electrons. The molecule has 1 N–H and O–H groups in total. The van der Waals surface area contributed by atoms with Crippen molar-refractivity contribution in [3.63, 3.8) is 0 Å². The van der Waals surface area contributed by atoms with Crippen molar-refractivity contribution in [2.45, 2.75) is 52.5 Å². The van der Waals surface area contributed by atoms with Gasteiger partial charge in [0.25, 0.3) is 0 Å². The zero-order valence-electron chi connectivity index (χ0n) is 13.0. The number of hydrogen-bond donors (Lipinski definition) is 1. The van der Waals surface area contributed by atoms with E-state index in [-0.39, 0.29) is 0 Å². The Balaban J connectivity index is 2.09. The molecular formula is C18H28ClN. The quantitative estimate of drug-likeness (QED) is 0.811. The fourth-order valence-electron chi connectivity index (χ4n) is 3.61. The second-order valence-corrected chi connectivity index (χ2v) is 6.94. The molecule has 2 heteroatoms. The molecule has 0 saturated heterocycles. The highest BCUT2D eigenvalue weighted by Gasteiger charge is 2.31. The zero-order chi connectivity index (χ0) is 14.5. The summed E-state index contributed by atoms with van der Waals surface area (Å²) in [5.74, 6) is 2.39. The average Bonchev–Trinajstić information content (AvgIpc) is 2.43. The Kier molecular flexibility index (Phi) is 5.92. The summed E-state index contributed by atoms with van der Waals surface area (Å²) in [6.45, 7) is 8.01. The molecule has 3 atom stereocenters. The summed E-state index contributed by atoms with van der Waals surface area (Å²) in [6.07, 6.45) is 5.13. The van der Waals surface area contributed by atoms with Crippen molar-refractivity contribution >= 4 is 11.6 Å². The molecule has 20 heavy (non-hydrogen) atoms. The molecular weight excluding hydrogens is 266 g/mol. The molecule has 1 nitrogen and oxygen atoms in total. The largest absolute Gasteiger partial charge is 0.314 e. The van der Waals surface area contributed by atoms with Gasteiger partial charge in [0.1, 0.15) is 0 Å². The van der Waals surface area contributed by atoms with Crippen LogP contribution in [0.1, 0.15) is 45.6 Å². The first-order chi connectivity index (χ1) is 9.61. The van der Waals surface area contributed by atoms with Crippen LogP contribution in [0.3, 0.4) is 0 Å². The molecule has 1 aliphatic carbocycles. The van der Waals surface area contributed by atoms with Gasteiger partial charge in [-0.3, -0.25) is 0 Å². The molecule has 0 spiro atoms. The molecule has 0 bridgehead atoms. The third kappa shape index (κ3) is 3.99. The Bertz CT molecular complexity index is 416. The lowest BCUT2D eigenvalue weighted by Crippen LogP contribution is -2.42. The molecule has 0 amide bonds. The summed E-state index contributed by atoms with van der Waals surface area (Å²) in [5, 5.41) is 4.62. The van der Waals surface area contributed by atoms with Gasteiger partial charge in [0.05, 0.1) is 0 Å². The maximum absolute atomic E-state index is 6.35. The number of benzene rings is 1. The van der Waals surface area contributed by atoms with Crippen LogP contribution in [-0.4, -0.2) is 12.6 Å². The molecule has 1 aliphatic rings. The van der Waals surface area contributed by atoms with E-state index in [2.05, 4.69) is 38.2 Å². The van der Waals surface area contributed by atoms with Crippen molar-refractivity contribution in [1.29, 1.82) is 0 Å². The second-order valence-electron chi connectivity index (χ2n) is 6.54. The number of nitrogens with one attached hydrogen (secondary N) is 1. The summed E-state index contributed by atoms with van der Waals surface area (Å²) < 4.78 is 0. The van der Waals surface area contributed by atoms with Crippen LogP contribution >= 0.6 is 11.6 Å². The Labute approximate surface area is 129 Å². The van der Waals surface area contributed by atoms with Crippen LogP contribution in [-0.2, 0) is 6.42 Å². The molecule has 1 fully saturated rings. The Morgan fingerprint density at radius 3 is 2.65 bits per heavy atom. The van der Waals surface area contributed by atoms with Gasteiger partial charge in [0.2, 0.25) is 0 Å². The first kappa shape index (κ1) is 15.9. The van der Waals surface area contributed by atoms with Crippen molar-refractivity contribution in [1.82, 2.24) is 5.32 Å². The van der Waals surface area contributed by atoms with Crippen LogP contribution in [0.25, 0.3) is 0 Å². The summed E-state index contributed by atoms with van der Waals surface area (Å²) in [4.78, 5) is 0. The third-order valence-corrected chi connectivity index (χ3v) is 5.24. The molecule has 3 unspecified atom stereocenters. The first-order valence-electron chi connectivity index (χ1n) is 8.08. The van der Waals surface area contributed by atoms with Crippen molar-refractivity contribution in [3.8, 4) is 0 Å². The Hall–Kier alpha value is -0.530. The summed E-state index contributed by atoms with van der Waals surface area (Å²) >= 11 is 6.35. The third-order valence-electron chi connectivity index (χ3n) is 4.87. The summed E-state index contributed by atoms with van der Waals surface area (Å²) in [6, 6.07) is 8.98. The van der Waals surface area contributed by atoms with Gasteiger partial charge in [-0.05, 0) is 61.6 Å². The lowest BCUT2D eigenvalue weighted by atomic mass is 9.71. The van der Waals surface area contributed by atoms with Crippen LogP contribution in [0, 0.1) is 17.8 Å². The van der Waals surface area contributed by atoms with E-state index in [9.17, 15) is 0 Å². The minimum atomic E-state index is 0.659. The number of rotatable bonds is 5. The maximum Gasteiger partial charge on any atom is 0.0438 e. The van der Waals surface area contributed by atoms with Gasteiger partial charge >= 0.3 is 0 Å². The molecule has 0 radical (unpaired) electrons. The Morgan fingerprint density at radius 2 is 2.00 bits per heavy atom. The van der Waals surface area contributed by atoms with E-state index in [0.29, 0.717) is 6.04 Å². The second kappa shape index (κ2) is 7.47. The lowest BCUT2D eigenvalue weighted by molar-refractivity contribution is 0.169. The molecule has 0 aromatic heterocycles. The van der Waals surface area contributed by atoms with E-state index in [1.807, 2.05) is 12.1 Å². The normalized spacial score (nSPS) is 26.9. The number of halogens is 1. The van der Waals surface area contributed by atoms with Crippen molar-refractivity contribution < 1.29 is 0 Å². The van der Waals surface area contributed by atoms with Gasteiger partial charge in [0.15, 0.2) is 0 Å². The molecule has 1 saturated carbocycles. The number of hydrogen-bond acceptors (Lipinski definition) is 1. The van der Waals surface area contributed by atoms with E-state index in [1.54, 1.807) is 0 Å². The van der Waals surface area contributed by atoms with Gasteiger partial charge in [-0.1, -0.05) is 50.6 Å². The summed E-state index contributed by atoms with van der Waals surface area (Å²) in [7, 11) is 0. The Morgan fingerprint density at radius 1 is 1.25 bits per heavy atom. The average molecular weight is 294 g/mol. The predicted molar refractivity (Wildman–Crippen MR) is 88.3 cm³/mol. The predicted octanol–water partition coefficient (Wildman–Crippen LogP) is 4.93. The minimum absolute atomic E-state index is 0.659. The van der Waals surface area contributed by atoms with Gasteiger partial charge in [-0.2, -0.15) is 0 Å². The van der Waals surface area contributed by atoms with Gasteiger partial charge < -0.3 is 5.32 Å². The van der Waals surface area contributed by atoms with E-state index in [1.165, 1.54) is 24.8 Å². The fraction of sp³-hybridized carbons (Fsp3) is 0.667. The van der Waals surface area contributed by atoms with Crippen molar-refractivity contribution in [3.05, 3.63) is 34.9 Å². The van der Waals surface area contributed by atoms with Crippen molar-refractivity contribution in [2.24, 2.45) is 17.8 Å². The van der Waals surface area contributed by atoms with Gasteiger partial charge in [-0.15, -0.1) is 0 Å². The monoisotopic (exact) mass is 293 g/mol. The fourth-order valence-corrected chi connectivity index (χ4v) is 3.82. The molecule has 1 aromatic carbocycles. The highest BCUT2D eigenvalue weighted by molar-refractivity contribution is 6.31. The smallest absolute Gasteiger partial charge is 0.0438 e. The first-order valence-corrected chi connectivity index (χ1v) is 8.46. The summed E-state index contributed by atoms with van der Waals surface area (Å²) in [5.41, 5.74) is 1.31. The van der Waals surface area contributed by atoms with Crippen LogP contribution < -0.4 is 5.32 Å². The molecule has 1 aromatic rings. The zero-order valence-corrected chi connectivity index (χ0v) is 13.8. The van der Waals surface area contributed by atoms with Crippen LogP contribution in [0.4, 0.5) is 0 Å². The SMILES string of the molecule is CCNC1CCC(C(C)C)CC1Cc1ccccc1Cl. The highest BCUT2D eigenvalue weighted by atomic mass is 35.5. The van der Waals surface area contributed by atoms with Crippen molar-refractivity contribution in [2.75, 3.05) is 6.54 Å². The van der Waals surface area contributed by atoms with E-state index < -0.39 is 0 Å². The molecule has 2 rings (SSSR count). The van der Waals surface area contributed by atoms with Crippen LogP contribution in [0.5, 0.6) is 0 Å². The lowest BCUT2D eigenvalue weighted by Gasteiger charge is -2.38. The topological polar surface area (TPSA) is 12.0 Å².